The SMILES string of the molecule is CCC(CN(C)CCc1ccncc1)NC. The van der Waals surface area contributed by atoms with Crippen molar-refractivity contribution in [3.63, 3.8) is 0 Å². The van der Waals surface area contributed by atoms with Gasteiger partial charge in [-0.05, 0) is 44.6 Å². The Balaban J connectivity index is 2.27. The second kappa shape index (κ2) is 7.36. The topological polar surface area (TPSA) is 28.2 Å². The molecule has 1 aromatic rings. The Morgan fingerprint density at radius 2 is 2.06 bits per heavy atom. The minimum atomic E-state index is 0.599. The minimum Gasteiger partial charge on any atom is -0.316 e. The van der Waals surface area contributed by atoms with E-state index in [9.17, 15) is 0 Å². The molecule has 0 bridgehead atoms. The molecule has 0 fully saturated rings. The fraction of sp³-hybridized carbons (Fsp3) is 0.615. The summed E-state index contributed by atoms with van der Waals surface area (Å²) in [5.41, 5.74) is 1.36. The maximum Gasteiger partial charge on any atom is 0.0270 e. The van der Waals surface area contributed by atoms with E-state index >= 15 is 0 Å². The molecule has 1 N–H and O–H groups in total. The van der Waals surface area contributed by atoms with Gasteiger partial charge in [0.2, 0.25) is 0 Å². The molecule has 0 aliphatic carbocycles. The van der Waals surface area contributed by atoms with E-state index in [1.807, 2.05) is 19.4 Å². The van der Waals surface area contributed by atoms with Gasteiger partial charge in [0.05, 0.1) is 0 Å². The van der Waals surface area contributed by atoms with Crippen LogP contribution in [-0.2, 0) is 6.42 Å². The Morgan fingerprint density at radius 3 is 2.62 bits per heavy atom. The zero-order valence-electron chi connectivity index (χ0n) is 10.6. The lowest BCUT2D eigenvalue weighted by Gasteiger charge is -2.22. The number of pyridine rings is 1. The van der Waals surface area contributed by atoms with Crippen molar-refractivity contribution in [2.75, 3.05) is 27.2 Å². The Bertz CT molecular complexity index is 270. The first-order valence-corrected chi connectivity index (χ1v) is 6.01. The van der Waals surface area contributed by atoms with Crippen LogP contribution < -0.4 is 5.32 Å². The molecule has 1 atom stereocenters. The van der Waals surface area contributed by atoms with Crippen LogP contribution >= 0.6 is 0 Å². The number of hydrogen-bond donors (Lipinski definition) is 1. The third-order valence-corrected chi connectivity index (χ3v) is 2.96. The van der Waals surface area contributed by atoms with Crippen molar-refractivity contribution in [2.45, 2.75) is 25.8 Å². The molecule has 0 aliphatic heterocycles. The van der Waals surface area contributed by atoms with Gasteiger partial charge in [0.15, 0.2) is 0 Å². The molecule has 1 aromatic heterocycles. The summed E-state index contributed by atoms with van der Waals surface area (Å²) in [6.45, 7) is 4.43. The molecule has 0 aromatic carbocycles. The number of nitrogens with one attached hydrogen (secondary N) is 1. The quantitative estimate of drug-likeness (QED) is 0.757. The van der Waals surface area contributed by atoms with Crippen LogP contribution in [-0.4, -0.2) is 43.1 Å². The van der Waals surface area contributed by atoms with E-state index in [4.69, 9.17) is 0 Å². The Labute approximate surface area is 98.9 Å². The highest BCUT2D eigenvalue weighted by Gasteiger charge is 2.06. The first kappa shape index (κ1) is 13.1. The number of likely N-dealkylation sites (N-methyl/N-ethyl adjacent to an activating group) is 2. The third kappa shape index (κ3) is 4.73. The molecular formula is C13H23N3. The molecule has 0 aliphatic rings. The fourth-order valence-corrected chi connectivity index (χ4v) is 1.76. The number of aromatic nitrogens is 1. The molecule has 1 heterocycles. The lowest BCUT2D eigenvalue weighted by Crippen LogP contribution is -2.37. The molecule has 90 valence electrons. The Morgan fingerprint density at radius 1 is 1.38 bits per heavy atom. The largest absolute Gasteiger partial charge is 0.316 e. The monoisotopic (exact) mass is 221 g/mol. The number of hydrogen-bond acceptors (Lipinski definition) is 3. The van der Waals surface area contributed by atoms with Crippen molar-refractivity contribution in [3.8, 4) is 0 Å². The average molecular weight is 221 g/mol. The third-order valence-electron chi connectivity index (χ3n) is 2.96. The van der Waals surface area contributed by atoms with Gasteiger partial charge in [-0.1, -0.05) is 6.92 Å². The lowest BCUT2D eigenvalue weighted by molar-refractivity contribution is 0.294. The summed E-state index contributed by atoms with van der Waals surface area (Å²) in [7, 11) is 4.21. The van der Waals surface area contributed by atoms with Crippen LogP contribution in [0.5, 0.6) is 0 Å². The fourth-order valence-electron chi connectivity index (χ4n) is 1.76. The van der Waals surface area contributed by atoms with Crippen molar-refractivity contribution in [2.24, 2.45) is 0 Å². The van der Waals surface area contributed by atoms with Crippen LogP contribution in [0, 0.1) is 0 Å². The van der Waals surface area contributed by atoms with Gasteiger partial charge in [-0.3, -0.25) is 4.98 Å². The Hall–Kier alpha value is -0.930. The van der Waals surface area contributed by atoms with Gasteiger partial charge in [-0.25, -0.2) is 0 Å². The number of rotatable bonds is 7. The van der Waals surface area contributed by atoms with Crippen LogP contribution in [0.4, 0.5) is 0 Å². The molecule has 0 radical (unpaired) electrons. The molecule has 3 nitrogen and oxygen atoms in total. The van der Waals surface area contributed by atoms with Crippen molar-refractivity contribution >= 4 is 0 Å². The van der Waals surface area contributed by atoms with Crippen LogP contribution in [0.3, 0.4) is 0 Å². The lowest BCUT2D eigenvalue weighted by atomic mass is 10.1. The van der Waals surface area contributed by atoms with Crippen molar-refractivity contribution in [3.05, 3.63) is 30.1 Å². The predicted octanol–water partition coefficient (Wildman–Crippen LogP) is 1.55. The summed E-state index contributed by atoms with van der Waals surface area (Å²) in [4.78, 5) is 6.40. The Kier molecular flexibility index (Phi) is 6.04. The second-order valence-electron chi connectivity index (χ2n) is 4.26. The first-order valence-electron chi connectivity index (χ1n) is 6.01. The van der Waals surface area contributed by atoms with Crippen LogP contribution in [0.1, 0.15) is 18.9 Å². The van der Waals surface area contributed by atoms with Crippen molar-refractivity contribution < 1.29 is 0 Å². The summed E-state index contributed by atoms with van der Waals surface area (Å²) < 4.78 is 0. The molecule has 16 heavy (non-hydrogen) atoms. The smallest absolute Gasteiger partial charge is 0.0270 e. The van der Waals surface area contributed by atoms with Crippen LogP contribution in [0.2, 0.25) is 0 Å². The van der Waals surface area contributed by atoms with Gasteiger partial charge in [0.25, 0.3) is 0 Å². The summed E-state index contributed by atoms with van der Waals surface area (Å²) in [6, 6.07) is 4.77. The summed E-state index contributed by atoms with van der Waals surface area (Å²) >= 11 is 0. The van der Waals surface area contributed by atoms with Crippen molar-refractivity contribution in [1.29, 1.82) is 0 Å². The minimum absolute atomic E-state index is 0.599. The average Bonchev–Trinajstić information content (AvgIpc) is 2.34. The molecule has 0 amide bonds. The highest BCUT2D eigenvalue weighted by atomic mass is 15.1. The van der Waals surface area contributed by atoms with Gasteiger partial charge in [0.1, 0.15) is 0 Å². The van der Waals surface area contributed by atoms with E-state index in [2.05, 4.69) is 41.3 Å². The van der Waals surface area contributed by atoms with E-state index in [1.54, 1.807) is 0 Å². The maximum atomic E-state index is 4.02. The summed E-state index contributed by atoms with van der Waals surface area (Å²) in [6.07, 6.45) is 5.99. The van der Waals surface area contributed by atoms with Gasteiger partial charge in [-0.15, -0.1) is 0 Å². The standard InChI is InChI=1S/C13H23N3/c1-4-13(14-2)11-16(3)10-7-12-5-8-15-9-6-12/h5-6,8-9,13-14H,4,7,10-11H2,1-3H3. The van der Waals surface area contributed by atoms with E-state index in [0.717, 1.165) is 19.5 Å². The maximum absolute atomic E-state index is 4.02. The molecular weight excluding hydrogens is 198 g/mol. The van der Waals surface area contributed by atoms with Crippen LogP contribution in [0.25, 0.3) is 0 Å². The predicted molar refractivity (Wildman–Crippen MR) is 68.6 cm³/mol. The first-order chi connectivity index (χ1) is 7.76. The molecule has 3 heteroatoms. The zero-order valence-corrected chi connectivity index (χ0v) is 10.6. The van der Waals surface area contributed by atoms with Gasteiger partial charge < -0.3 is 10.2 Å². The van der Waals surface area contributed by atoms with Gasteiger partial charge in [-0.2, -0.15) is 0 Å². The molecule has 0 spiro atoms. The molecule has 1 unspecified atom stereocenters. The zero-order chi connectivity index (χ0) is 11.8. The van der Waals surface area contributed by atoms with Gasteiger partial charge >= 0.3 is 0 Å². The molecule has 1 rings (SSSR count). The number of nitrogens with zero attached hydrogens (tertiary/aromatic N) is 2. The van der Waals surface area contributed by atoms with E-state index < -0.39 is 0 Å². The van der Waals surface area contributed by atoms with Crippen LogP contribution in [0.15, 0.2) is 24.5 Å². The summed E-state index contributed by atoms with van der Waals surface area (Å²) in [5.74, 6) is 0. The van der Waals surface area contributed by atoms with Gasteiger partial charge in [0, 0.05) is 31.5 Å². The van der Waals surface area contributed by atoms with E-state index in [1.165, 1.54) is 12.0 Å². The van der Waals surface area contributed by atoms with E-state index in [-0.39, 0.29) is 0 Å². The highest BCUT2D eigenvalue weighted by Crippen LogP contribution is 2.00. The van der Waals surface area contributed by atoms with Crippen molar-refractivity contribution in [1.82, 2.24) is 15.2 Å². The normalized spacial score (nSPS) is 13.0. The van der Waals surface area contributed by atoms with E-state index in [0.29, 0.717) is 6.04 Å². The molecule has 0 saturated carbocycles. The highest BCUT2D eigenvalue weighted by molar-refractivity contribution is 5.09. The second-order valence-corrected chi connectivity index (χ2v) is 4.26. The molecule has 0 saturated heterocycles. The summed E-state index contributed by atoms with van der Waals surface area (Å²) in [5, 5.41) is 3.33.